The van der Waals surface area contributed by atoms with Crippen LogP contribution in [0.2, 0.25) is 0 Å². The second-order valence-electron chi connectivity index (χ2n) is 4.98. The van der Waals surface area contributed by atoms with E-state index in [9.17, 15) is 9.59 Å². The Balaban J connectivity index is 2.02. The third-order valence-corrected chi connectivity index (χ3v) is 3.36. The molecular weight excluding hydrogens is 278 g/mol. The number of hydrogen-bond acceptors (Lipinski definition) is 4. The number of benzene rings is 1. The number of primary amides is 1. The highest BCUT2D eigenvalue weighted by Crippen LogP contribution is 2.17. The minimum Gasteiger partial charge on any atom is -0.363 e. The van der Waals surface area contributed by atoms with Gasteiger partial charge in [0, 0.05) is 37.3 Å². The Morgan fingerprint density at radius 1 is 1.09 bits per heavy atom. The molecule has 1 atom stereocenters. The number of nitrogens with one attached hydrogen (secondary N) is 1. The number of amides is 1. The Bertz CT molecular complexity index is 614. The van der Waals surface area contributed by atoms with Crippen LogP contribution >= 0.6 is 0 Å². The lowest BCUT2D eigenvalue weighted by molar-refractivity contribution is -0.135. The summed E-state index contributed by atoms with van der Waals surface area (Å²) >= 11 is 0. The molecule has 5 nitrogen and oxygen atoms in total. The first-order chi connectivity index (χ1) is 10.7. The van der Waals surface area contributed by atoms with Crippen molar-refractivity contribution in [2.75, 3.05) is 6.54 Å². The topological polar surface area (TPSA) is 85.1 Å². The van der Waals surface area contributed by atoms with E-state index >= 15 is 0 Å². The third kappa shape index (κ3) is 4.79. The second-order valence-corrected chi connectivity index (χ2v) is 4.98. The third-order valence-electron chi connectivity index (χ3n) is 3.36. The highest BCUT2D eigenvalue weighted by Gasteiger charge is 2.14. The van der Waals surface area contributed by atoms with E-state index in [0.717, 1.165) is 11.3 Å². The summed E-state index contributed by atoms with van der Waals surface area (Å²) in [4.78, 5) is 26.4. The van der Waals surface area contributed by atoms with E-state index in [0.29, 0.717) is 13.0 Å². The molecule has 0 saturated heterocycles. The van der Waals surface area contributed by atoms with Crippen LogP contribution in [-0.4, -0.2) is 23.2 Å². The highest BCUT2D eigenvalue weighted by atomic mass is 16.2. The summed E-state index contributed by atoms with van der Waals surface area (Å²) in [5.74, 6) is -1.44. The van der Waals surface area contributed by atoms with Crippen LogP contribution in [0.15, 0.2) is 54.7 Å². The fourth-order valence-corrected chi connectivity index (χ4v) is 2.20. The first kappa shape index (κ1) is 15.9. The van der Waals surface area contributed by atoms with E-state index in [4.69, 9.17) is 5.73 Å². The van der Waals surface area contributed by atoms with Crippen molar-refractivity contribution in [2.24, 2.45) is 5.73 Å². The Morgan fingerprint density at radius 3 is 2.45 bits per heavy atom. The average molecular weight is 297 g/mol. The number of ketones is 1. The van der Waals surface area contributed by atoms with Crippen LogP contribution in [0.4, 0.5) is 0 Å². The Kier molecular flexibility index (Phi) is 5.80. The predicted molar refractivity (Wildman–Crippen MR) is 83.9 cm³/mol. The van der Waals surface area contributed by atoms with E-state index in [-0.39, 0.29) is 12.5 Å². The monoisotopic (exact) mass is 297 g/mol. The number of pyridine rings is 1. The minimum atomic E-state index is -0.886. The molecule has 22 heavy (non-hydrogen) atoms. The molecule has 2 rings (SSSR count). The van der Waals surface area contributed by atoms with E-state index in [1.54, 1.807) is 6.20 Å². The van der Waals surface area contributed by atoms with Gasteiger partial charge in [-0.1, -0.05) is 36.4 Å². The van der Waals surface area contributed by atoms with Gasteiger partial charge in [0.1, 0.15) is 0 Å². The van der Waals surface area contributed by atoms with Crippen molar-refractivity contribution >= 4 is 11.7 Å². The zero-order chi connectivity index (χ0) is 15.8. The largest absolute Gasteiger partial charge is 0.363 e. The summed E-state index contributed by atoms with van der Waals surface area (Å²) in [7, 11) is 0. The Hall–Kier alpha value is -2.53. The highest BCUT2D eigenvalue weighted by molar-refractivity contribution is 6.35. The molecule has 114 valence electrons. The van der Waals surface area contributed by atoms with Crippen LogP contribution in [0.25, 0.3) is 0 Å². The number of aromatic nitrogens is 1. The van der Waals surface area contributed by atoms with Crippen molar-refractivity contribution in [2.45, 2.75) is 18.9 Å². The number of Topliss-reactive ketones (excluding diaryl/α,β-unsaturated/α-hetero) is 1. The van der Waals surface area contributed by atoms with Crippen molar-refractivity contribution in [1.29, 1.82) is 0 Å². The molecule has 0 aliphatic carbocycles. The van der Waals surface area contributed by atoms with Crippen molar-refractivity contribution < 1.29 is 9.59 Å². The Labute approximate surface area is 129 Å². The van der Waals surface area contributed by atoms with E-state index in [2.05, 4.69) is 10.3 Å². The number of rotatable bonds is 8. The predicted octanol–water partition coefficient (Wildman–Crippen LogP) is 1.40. The first-order valence-electron chi connectivity index (χ1n) is 7.17. The summed E-state index contributed by atoms with van der Waals surface area (Å²) in [6.07, 6.45) is 2.56. The van der Waals surface area contributed by atoms with Crippen LogP contribution < -0.4 is 11.1 Å². The van der Waals surface area contributed by atoms with Gasteiger partial charge in [0.25, 0.3) is 5.91 Å². The molecule has 3 N–H and O–H groups in total. The molecule has 0 spiro atoms. The van der Waals surface area contributed by atoms with Crippen LogP contribution in [0.5, 0.6) is 0 Å². The van der Waals surface area contributed by atoms with Gasteiger partial charge in [-0.3, -0.25) is 14.6 Å². The zero-order valence-corrected chi connectivity index (χ0v) is 12.2. The lowest BCUT2D eigenvalue weighted by Gasteiger charge is -2.18. The summed E-state index contributed by atoms with van der Waals surface area (Å²) < 4.78 is 0. The van der Waals surface area contributed by atoms with Gasteiger partial charge in [-0.15, -0.1) is 0 Å². The molecule has 0 aliphatic heterocycles. The SMILES string of the molecule is NC(=O)C(=O)CCNC(Cc1ccccn1)c1ccccc1. The second kappa shape index (κ2) is 8.05. The maximum absolute atomic E-state index is 11.3. The van der Waals surface area contributed by atoms with Gasteiger partial charge < -0.3 is 11.1 Å². The molecule has 1 heterocycles. The van der Waals surface area contributed by atoms with Gasteiger partial charge in [-0.05, 0) is 17.7 Å². The van der Waals surface area contributed by atoms with E-state index < -0.39 is 11.7 Å². The van der Waals surface area contributed by atoms with Crippen molar-refractivity contribution in [1.82, 2.24) is 10.3 Å². The van der Waals surface area contributed by atoms with Gasteiger partial charge >= 0.3 is 0 Å². The van der Waals surface area contributed by atoms with Gasteiger partial charge in [0.05, 0.1) is 0 Å². The van der Waals surface area contributed by atoms with Crippen LogP contribution in [-0.2, 0) is 16.0 Å². The zero-order valence-electron chi connectivity index (χ0n) is 12.2. The number of nitrogens with zero attached hydrogens (tertiary/aromatic N) is 1. The number of nitrogens with two attached hydrogens (primary N) is 1. The van der Waals surface area contributed by atoms with Gasteiger partial charge in [-0.25, -0.2) is 0 Å². The molecule has 5 heteroatoms. The molecule has 0 fully saturated rings. The average Bonchev–Trinajstić information content (AvgIpc) is 2.55. The number of carbonyl (C=O) groups is 2. The molecule has 0 radical (unpaired) electrons. The van der Waals surface area contributed by atoms with Crippen molar-refractivity contribution in [3.05, 3.63) is 66.0 Å². The van der Waals surface area contributed by atoms with E-state index in [1.807, 2.05) is 48.5 Å². The summed E-state index contributed by atoms with van der Waals surface area (Å²) in [6.45, 7) is 0.397. The quantitative estimate of drug-likeness (QED) is 0.721. The van der Waals surface area contributed by atoms with E-state index in [1.165, 1.54) is 0 Å². The molecule has 1 unspecified atom stereocenters. The standard InChI is InChI=1S/C17H19N3O2/c18-17(22)16(21)9-11-20-15(13-6-2-1-3-7-13)12-14-8-4-5-10-19-14/h1-8,10,15,20H,9,11-12H2,(H2,18,22). The molecular formula is C17H19N3O2. The smallest absolute Gasteiger partial charge is 0.284 e. The fraction of sp³-hybridized carbons (Fsp3) is 0.235. The van der Waals surface area contributed by atoms with Crippen LogP contribution in [0.3, 0.4) is 0 Å². The normalized spacial score (nSPS) is 11.8. The number of carbonyl (C=O) groups excluding carboxylic acids is 2. The van der Waals surface area contributed by atoms with Crippen LogP contribution in [0.1, 0.15) is 23.7 Å². The number of hydrogen-bond donors (Lipinski definition) is 2. The van der Waals surface area contributed by atoms with Gasteiger partial charge in [0.15, 0.2) is 0 Å². The molecule has 1 aromatic carbocycles. The molecule has 0 aliphatic rings. The molecule has 0 saturated carbocycles. The minimum absolute atomic E-state index is 0.0248. The van der Waals surface area contributed by atoms with Crippen molar-refractivity contribution in [3.63, 3.8) is 0 Å². The maximum atomic E-state index is 11.3. The van der Waals surface area contributed by atoms with Crippen molar-refractivity contribution in [3.8, 4) is 0 Å². The van der Waals surface area contributed by atoms with Gasteiger partial charge in [0.2, 0.25) is 5.78 Å². The lowest BCUT2D eigenvalue weighted by atomic mass is 10.0. The Morgan fingerprint density at radius 2 is 1.82 bits per heavy atom. The molecule has 1 aromatic heterocycles. The van der Waals surface area contributed by atoms with Gasteiger partial charge in [-0.2, -0.15) is 0 Å². The summed E-state index contributed by atoms with van der Waals surface area (Å²) in [6, 6.07) is 15.8. The maximum Gasteiger partial charge on any atom is 0.284 e. The molecule has 1 amide bonds. The lowest BCUT2D eigenvalue weighted by Crippen LogP contribution is -2.30. The molecule has 2 aromatic rings. The first-order valence-corrected chi connectivity index (χ1v) is 7.17. The molecule has 0 bridgehead atoms. The van der Waals surface area contributed by atoms with Crippen LogP contribution in [0, 0.1) is 0 Å². The summed E-state index contributed by atoms with van der Waals surface area (Å²) in [5, 5.41) is 3.30. The summed E-state index contributed by atoms with van der Waals surface area (Å²) in [5.41, 5.74) is 7.04. The fourth-order valence-electron chi connectivity index (χ4n) is 2.20.